The second kappa shape index (κ2) is 7.67. The molecule has 6 rings (SSSR count). The highest BCUT2D eigenvalue weighted by Crippen LogP contribution is 2.41. The van der Waals surface area contributed by atoms with Gasteiger partial charge in [-0.25, -0.2) is 4.79 Å². The molecule has 166 valence electrons. The summed E-state index contributed by atoms with van der Waals surface area (Å²) in [7, 11) is 0. The molecule has 8 nitrogen and oxygen atoms in total. The number of carboxylic acid groups (broad SMARTS) is 1. The van der Waals surface area contributed by atoms with E-state index in [4.69, 9.17) is 28.4 Å². The van der Waals surface area contributed by atoms with Crippen LogP contribution >= 0.6 is 0 Å². The lowest BCUT2D eigenvalue weighted by molar-refractivity contribution is -0.132. The number of benzene rings is 3. The minimum absolute atomic E-state index is 0.130. The molecule has 0 atom stereocenters. The van der Waals surface area contributed by atoms with Gasteiger partial charge in [0.1, 0.15) is 0 Å². The smallest absolute Gasteiger partial charge is 0.332 e. The molecule has 0 fully saturated rings. The third-order valence-electron chi connectivity index (χ3n) is 5.70. The highest BCUT2D eigenvalue weighted by Gasteiger charge is 2.24. The average molecular weight is 446 g/mol. The molecule has 3 aromatic carbocycles. The molecule has 3 aliphatic rings. The second-order valence-corrected chi connectivity index (χ2v) is 7.66. The van der Waals surface area contributed by atoms with Crippen molar-refractivity contribution in [1.29, 1.82) is 0 Å². The molecule has 3 aliphatic heterocycles. The first-order valence-electron chi connectivity index (χ1n) is 10.3. The molecule has 8 heteroatoms. The van der Waals surface area contributed by atoms with Crippen molar-refractivity contribution in [2.24, 2.45) is 0 Å². The van der Waals surface area contributed by atoms with Gasteiger partial charge in [-0.1, -0.05) is 18.2 Å². The van der Waals surface area contributed by atoms with Crippen molar-refractivity contribution < 1.29 is 38.3 Å². The molecule has 0 saturated heterocycles. The summed E-state index contributed by atoms with van der Waals surface area (Å²) in [5.41, 5.74) is 2.94. The number of hydrogen-bond acceptors (Lipinski definition) is 7. The standard InChI is InChI=1S/C25H18O8/c26-25(27)17(7-14-1-4-18-21(8-14)31-11-28-18)24(15-2-5-19-22(9-15)32-12-29-19)16-3-6-20-23(10-16)33-13-30-20/h1-6,8-10H,7,11-13H2,(H,26,27). The van der Waals surface area contributed by atoms with Crippen LogP contribution in [-0.2, 0) is 11.2 Å². The molecule has 0 aliphatic carbocycles. The Hall–Kier alpha value is -4.33. The number of fused-ring (bicyclic) bond motifs is 3. The zero-order valence-corrected chi connectivity index (χ0v) is 17.3. The minimum atomic E-state index is -1.03. The lowest BCUT2D eigenvalue weighted by Gasteiger charge is -2.15. The molecule has 0 aromatic heterocycles. The monoisotopic (exact) mass is 446 g/mol. The Morgan fingerprint density at radius 3 is 1.61 bits per heavy atom. The van der Waals surface area contributed by atoms with Gasteiger partial charge >= 0.3 is 5.97 Å². The molecule has 0 bridgehead atoms. The molecule has 33 heavy (non-hydrogen) atoms. The van der Waals surface area contributed by atoms with Gasteiger partial charge in [0.05, 0.1) is 0 Å². The van der Waals surface area contributed by atoms with Crippen LogP contribution in [0.4, 0.5) is 0 Å². The highest BCUT2D eigenvalue weighted by atomic mass is 16.7. The van der Waals surface area contributed by atoms with Crippen molar-refractivity contribution >= 4 is 11.5 Å². The number of carbonyl (C=O) groups is 1. The van der Waals surface area contributed by atoms with Crippen LogP contribution in [0.5, 0.6) is 34.5 Å². The summed E-state index contributed by atoms with van der Waals surface area (Å²) < 4.78 is 32.8. The van der Waals surface area contributed by atoms with Gasteiger partial charge in [-0.3, -0.25) is 0 Å². The number of hydrogen-bond donors (Lipinski definition) is 1. The van der Waals surface area contributed by atoms with E-state index in [-0.39, 0.29) is 32.4 Å². The first-order valence-corrected chi connectivity index (χ1v) is 10.3. The fraction of sp³-hybridized carbons (Fsp3) is 0.160. The van der Waals surface area contributed by atoms with Gasteiger partial charge in [-0.2, -0.15) is 0 Å². The molecular formula is C25H18O8. The predicted octanol–water partition coefficient (Wildman–Crippen LogP) is 4.00. The SMILES string of the molecule is O=C(O)C(Cc1ccc2c(c1)OCO2)=C(c1ccc2c(c1)OCO2)c1ccc2c(c1)OCO2. The van der Waals surface area contributed by atoms with E-state index >= 15 is 0 Å². The van der Waals surface area contributed by atoms with Crippen LogP contribution < -0.4 is 28.4 Å². The molecule has 0 saturated carbocycles. The van der Waals surface area contributed by atoms with Crippen molar-refractivity contribution in [3.05, 3.63) is 76.9 Å². The maximum Gasteiger partial charge on any atom is 0.332 e. The second-order valence-electron chi connectivity index (χ2n) is 7.66. The van der Waals surface area contributed by atoms with Crippen molar-refractivity contribution in [3.8, 4) is 34.5 Å². The molecule has 0 amide bonds. The van der Waals surface area contributed by atoms with Crippen molar-refractivity contribution in [3.63, 3.8) is 0 Å². The first-order chi connectivity index (χ1) is 16.2. The topological polar surface area (TPSA) is 92.7 Å². The molecule has 3 aromatic rings. The Morgan fingerprint density at radius 2 is 1.09 bits per heavy atom. The zero-order chi connectivity index (χ0) is 22.4. The van der Waals surface area contributed by atoms with E-state index in [1.807, 2.05) is 24.3 Å². The Balaban J connectivity index is 1.51. The van der Waals surface area contributed by atoms with E-state index in [0.29, 0.717) is 51.2 Å². The van der Waals surface area contributed by atoms with E-state index in [1.54, 1.807) is 30.3 Å². The van der Waals surface area contributed by atoms with Gasteiger partial charge in [0, 0.05) is 12.0 Å². The van der Waals surface area contributed by atoms with Crippen molar-refractivity contribution in [2.45, 2.75) is 6.42 Å². The van der Waals surface area contributed by atoms with Crippen LogP contribution in [0.3, 0.4) is 0 Å². The molecular weight excluding hydrogens is 428 g/mol. The third-order valence-corrected chi connectivity index (χ3v) is 5.70. The lowest BCUT2D eigenvalue weighted by atomic mass is 9.89. The summed E-state index contributed by atoms with van der Waals surface area (Å²) in [4.78, 5) is 12.6. The van der Waals surface area contributed by atoms with E-state index in [0.717, 1.165) is 5.56 Å². The van der Waals surface area contributed by atoms with Crippen LogP contribution in [0.2, 0.25) is 0 Å². The van der Waals surface area contributed by atoms with Gasteiger partial charge in [0.25, 0.3) is 0 Å². The molecule has 0 spiro atoms. The van der Waals surface area contributed by atoms with E-state index in [9.17, 15) is 9.90 Å². The Labute approximate surface area is 188 Å². The summed E-state index contributed by atoms with van der Waals surface area (Å²) in [5.74, 6) is 2.60. The van der Waals surface area contributed by atoms with Crippen molar-refractivity contribution in [1.82, 2.24) is 0 Å². The zero-order valence-electron chi connectivity index (χ0n) is 17.3. The fourth-order valence-electron chi connectivity index (χ4n) is 4.15. The van der Waals surface area contributed by atoms with Gasteiger partial charge in [0.2, 0.25) is 20.4 Å². The summed E-state index contributed by atoms with van der Waals surface area (Å²) in [6, 6.07) is 16.3. The van der Waals surface area contributed by atoms with Crippen LogP contribution in [-0.4, -0.2) is 31.5 Å². The number of rotatable bonds is 5. The lowest BCUT2D eigenvalue weighted by Crippen LogP contribution is -2.09. The maximum absolute atomic E-state index is 12.6. The third kappa shape index (κ3) is 3.45. The van der Waals surface area contributed by atoms with Crippen LogP contribution in [0.1, 0.15) is 16.7 Å². The predicted molar refractivity (Wildman–Crippen MR) is 115 cm³/mol. The summed E-state index contributed by atoms with van der Waals surface area (Å²) in [6.07, 6.45) is 0.171. The van der Waals surface area contributed by atoms with Crippen molar-refractivity contribution in [2.75, 3.05) is 20.4 Å². The normalized spacial score (nSPS) is 14.3. The summed E-state index contributed by atoms with van der Waals surface area (Å²) >= 11 is 0. The highest BCUT2D eigenvalue weighted by molar-refractivity contribution is 6.01. The number of ether oxygens (including phenoxy) is 6. The Morgan fingerprint density at radius 1 is 0.636 bits per heavy atom. The van der Waals surface area contributed by atoms with Crippen LogP contribution in [0, 0.1) is 0 Å². The van der Waals surface area contributed by atoms with Crippen LogP contribution in [0.15, 0.2) is 60.2 Å². The van der Waals surface area contributed by atoms with Gasteiger partial charge in [0.15, 0.2) is 34.5 Å². The summed E-state index contributed by atoms with van der Waals surface area (Å²) in [5, 5.41) is 10.3. The Kier molecular flexibility index (Phi) is 4.50. The van der Waals surface area contributed by atoms with Gasteiger partial charge in [-0.15, -0.1) is 0 Å². The maximum atomic E-state index is 12.6. The summed E-state index contributed by atoms with van der Waals surface area (Å²) in [6.45, 7) is 0.412. The largest absolute Gasteiger partial charge is 0.478 e. The quantitative estimate of drug-likeness (QED) is 0.588. The molecule has 0 radical (unpaired) electrons. The van der Waals surface area contributed by atoms with E-state index in [1.165, 1.54) is 0 Å². The van der Waals surface area contributed by atoms with E-state index in [2.05, 4.69) is 0 Å². The van der Waals surface area contributed by atoms with Gasteiger partial charge in [-0.05, 0) is 58.7 Å². The minimum Gasteiger partial charge on any atom is -0.478 e. The fourth-order valence-corrected chi connectivity index (χ4v) is 4.15. The van der Waals surface area contributed by atoms with Gasteiger partial charge < -0.3 is 33.5 Å². The Bertz CT molecular complexity index is 1250. The number of aliphatic carboxylic acids is 1. The average Bonchev–Trinajstić information content (AvgIpc) is 3.57. The first kappa shape index (κ1) is 19.4. The van der Waals surface area contributed by atoms with E-state index < -0.39 is 5.97 Å². The van der Waals surface area contributed by atoms with Crippen LogP contribution in [0.25, 0.3) is 5.57 Å². The molecule has 3 heterocycles. The number of carboxylic acids is 1. The molecule has 1 N–H and O–H groups in total. The molecule has 0 unspecified atom stereocenters.